The van der Waals surface area contributed by atoms with E-state index in [1.54, 1.807) is 6.92 Å². The van der Waals surface area contributed by atoms with Gasteiger partial charge in [-0.15, -0.1) is 0 Å². The Labute approximate surface area is 137 Å². The van der Waals surface area contributed by atoms with Gasteiger partial charge in [0.05, 0.1) is 12.7 Å². The number of rotatable bonds is 5. The average molecular weight is 318 g/mol. The molecule has 0 aliphatic carbocycles. The molecule has 0 spiro atoms. The summed E-state index contributed by atoms with van der Waals surface area (Å²) in [6.45, 7) is 4.17. The number of hydrogen-bond donors (Lipinski definition) is 1. The number of amides is 1. The van der Waals surface area contributed by atoms with Crippen LogP contribution in [0, 0.1) is 0 Å². The first-order chi connectivity index (χ1) is 11.1. The fraction of sp³-hybridized carbons (Fsp3) is 0.611. The molecule has 5 nitrogen and oxygen atoms in total. The van der Waals surface area contributed by atoms with Crippen molar-refractivity contribution in [2.24, 2.45) is 0 Å². The Morgan fingerprint density at radius 2 is 2.35 bits per heavy atom. The largest absolute Gasteiger partial charge is 0.376 e. The molecule has 3 rings (SSSR count). The normalized spacial score (nSPS) is 21.8. The lowest BCUT2D eigenvalue weighted by Crippen LogP contribution is -2.30. The van der Waals surface area contributed by atoms with Crippen LogP contribution in [0.15, 0.2) is 18.2 Å². The maximum Gasteiger partial charge on any atom is 0.253 e. The Hall–Kier alpha value is -1.59. The molecule has 0 saturated carbocycles. The molecule has 126 valence electrons. The van der Waals surface area contributed by atoms with Crippen molar-refractivity contribution in [3.05, 3.63) is 23.8 Å². The molecular formula is C18H26N2O3. The number of ether oxygens (including phenoxy) is 2. The highest BCUT2D eigenvalue weighted by molar-refractivity contribution is 5.94. The highest BCUT2D eigenvalue weighted by Gasteiger charge is 2.20. The molecule has 2 aliphatic rings. The van der Waals surface area contributed by atoms with Gasteiger partial charge in [0.15, 0.2) is 0 Å². The van der Waals surface area contributed by atoms with Crippen LogP contribution >= 0.6 is 0 Å². The van der Waals surface area contributed by atoms with Gasteiger partial charge in [0.25, 0.3) is 5.91 Å². The zero-order valence-corrected chi connectivity index (χ0v) is 14.0. The third-order valence-corrected chi connectivity index (χ3v) is 4.62. The van der Waals surface area contributed by atoms with Crippen LogP contribution in [0.4, 0.5) is 11.4 Å². The van der Waals surface area contributed by atoms with Crippen molar-refractivity contribution in [1.82, 2.24) is 0 Å². The molecule has 1 fully saturated rings. The molecular weight excluding hydrogens is 292 g/mol. The van der Waals surface area contributed by atoms with Crippen LogP contribution in [0.3, 0.4) is 0 Å². The van der Waals surface area contributed by atoms with Crippen molar-refractivity contribution in [3.8, 4) is 0 Å². The second-order valence-electron chi connectivity index (χ2n) is 6.47. The Morgan fingerprint density at radius 3 is 3.13 bits per heavy atom. The lowest BCUT2D eigenvalue weighted by atomic mass is 10.0. The van der Waals surface area contributed by atoms with E-state index in [2.05, 4.69) is 29.4 Å². The van der Waals surface area contributed by atoms with E-state index >= 15 is 0 Å². The highest BCUT2D eigenvalue weighted by atomic mass is 16.5. The minimum Gasteiger partial charge on any atom is -0.376 e. The van der Waals surface area contributed by atoms with Crippen LogP contribution < -0.4 is 10.2 Å². The first-order valence-corrected chi connectivity index (χ1v) is 8.51. The summed E-state index contributed by atoms with van der Waals surface area (Å²) in [7, 11) is 2.11. The van der Waals surface area contributed by atoms with Crippen LogP contribution in [0.1, 0.15) is 31.7 Å². The predicted molar refractivity (Wildman–Crippen MR) is 91.1 cm³/mol. The molecule has 0 radical (unpaired) electrons. The van der Waals surface area contributed by atoms with Gasteiger partial charge in [0, 0.05) is 31.6 Å². The Kier molecular flexibility index (Phi) is 5.18. The lowest BCUT2D eigenvalue weighted by molar-refractivity contribution is -0.128. The summed E-state index contributed by atoms with van der Waals surface area (Å²) in [4.78, 5) is 14.5. The number of nitrogens with zero attached hydrogens (tertiary/aromatic N) is 1. The molecule has 2 aliphatic heterocycles. The highest BCUT2D eigenvalue weighted by Crippen LogP contribution is 2.28. The van der Waals surface area contributed by atoms with E-state index in [-0.39, 0.29) is 12.0 Å². The predicted octanol–water partition coefficient (Wildman–Crippen LogP) is 2.59. The first kappa shape index (κ1) is 16.3. The van der Waals surface area contributed by atoms with E-state index in [0.29, 0.717) is 6.61 Å². The number of carbonyl (C=O) groups excluding carboxylic acids is 1. The molecule has 23 heavy (non-hydrogen) atoms. The zero-order chi connectivity index (χ0) is 16.2. The summed E-state index contributed by atoms with van der Waals surface area (Å²) >= 11 is 0. The van der Waals surface area contributed by atoms with Crippen molar-refractivity contribution >= 4 is 17.3 Å². The van der Waals surface area contributed by atoms with Crippen LogP contribution in [-0.4, -0.2) is 44.9 Å². The minimum atomic E-state index is -0.474. The second-order valence-corrected chi connectivity index (χ2v) is 6.47. The van der Waals surface area contributed by atoms with Crippen LogP contribution in [0.25, 0.3) is 0 Å². The van der Waals surface area contributed by atoms with E-state index in [1.165, 1.54) is 11.3 Å². The van der Waals surface area contributed by atoms with Crippen molar-refractivity contribution < 1.29 is 14.3 Å². The van der Waals surface area contributed by atoms with Gasteiger partial charge in [0.1, 0.15) is 6.10 Å². The smallest absolute Gasteiger partial charge is 0.253 e. The molecule has 1 saturated heterocycles. The van der Waals surface area contributed by atoms with E-state index in [9.17, 15) is 4.79 Å². The Bertz CT molecular complexity index is 555. The molecule has 1 aromatic carbocycles. The van der Waals surface area contributed by atoms with Gasteiger partial charge >= 0.3 is 0 Å². The first-order valence-electron chi connectivity index (χ1n) is 8.51. The van der Waals surface area contributed by atoms with Gasteiger partial charge in [-0.25, -0.2) is 0 Å². The summed E-state index contributed by atoms with van der Waals surface area (Å²) in [5.74, 6) is -0.105. The number of benzene rings is 1. The van der Waals surface area contributed by atoms with Gasteiger partial charge < -0.3 is 19.7 Å². The third-order valence-electron chi connectivity index (χ3n) is 4.62. The quantitative estimate of drug-likeness (QED) is 0.906. The van der Waals surface area contributed by atoms with Crippen molar-refractivity contribution in [1.29, 1.82) is 0 Å². The van der Waals surface area contributed by atoms with Crippen molar-refractivity contribution in [2.75, 3.05) is 37.0 Å². The van der Waals surface area contributed by atoms with Crippen molar-refractivity contribution in [2.45, 2.75) is 44.8 Å². The monoisotopic (exact) mass is 318 g/mol. The molecule has 5 heteroatoms. The molecule has 1 N–H and O–H groups in total. The minimum absolute atomic E-state index is 0.105. The molecule has 2 atom stereocenters. The molecule has 2 heterocycles. The molecule has 0 aromatic heterocycles. The van der Waals surface area contributed by atoms with Gasteiger partial charge in [0.2, 0.25) is 0 Å². The molecule has 1 aromatic rings. The van der Waals surface area contributed by atoms with E-state index in [1.807, 2.05) is 6.07 Å². The maximum atomic E-state index is 12.3. The summed E-state index contributed by atoms with van der Waals surface area (Å²) in [5, 5.41) is 2.96. The summed E-state index contributed by atoms with van der Waals surface area (Å²) < 4.78 is 11.2. The number of anilines is 2. The second kappa shape index (κ2) is 7.32. The fourth-order valence-electron chi connectivity index (χ4n) is 3.21. The van der Waals surface area contributed by atoms with Crippen LogP contribution in [-0.2, 0) is 20.7 Å². The van der Waals surface area contributed by atoms with Gasteiger partial charge in [-0.3, -0.25) is 4.79 Å². The number of aryl methyl sites for hydroxylation is 1. The summed E-state index contributed by atoms with van der Waals surface area (Å²) in [6.07, 6.45) is 3.99. The van der Waals surface area contributed by atoms with Crippen LogP contribution in [0.2, 0.25) is 0 Å². The van der Waals surface area contributed by atoms with Crippen molar-refractivity contribution in [3.63, 3.8) is 0 Å². The van der Waals surface area contributed by atoms with Gasteiger partial charge in [-0.1, -0.05) is 0 Å². The summed E-state index contributed by atoms with van der Waals surface area (Å²) in [5.41, 5.74) is 3.40. The number of fused-ring (bicyclic) bond motifs is 1. The number of nitrogens with one attached hydrogen (secondary N) is 1. The topological polar surface area (TPSA) is 50.8 Å². The molecule has 1 amide bonds. The summed E-state index contributed by atoms with van der Waals surface area (Å²) in [6, 6.07) is 6.13. The Balaban J connectivity index is 1.54. The lowest BCUT2D eigenvalue weighted by Gasteiger charge is -2.28. The fourth-order valence-corrected chi connectivity index (χ4v) is 3.21. The number of hydrogen-bond acceptors (Lipinski definition) is 4. The van der Waals surface area contributed by atoms with Gasteiger partial charge in [-0.2, -0.15) is 0 Å². The Morgan fingerprint density at radius 1 is 1.48 bits per heavy atom. The van der Waals surface area contributed by atoms with E-state index in [0.717, 1.165) is 44.5 Å². The maximum absolute atomic E-state index is 12.3. The van der Waals surface area contributed by atoms with E-state index < -0.39 is 6.10 Å². The molecule has 0 unspecified atom stereocenters. The van der Waals surface area contributed by atoms with E-state index in [4.69, 9.17) is 9.47 Å². The third kappa shape index (κ3) is 4.03. The van der Waals surface area contributed by atoms with Gasteiger partial charge in [-0.05, 0) is 56.4 Å². The SMILES string of the molecule is C[C@@H](OC[C@H]1CCCO1)C(=O)Nc1ccc2c(c1)CCCN2C. The zero-order valence-electron chi connectivity index (χ0n) is 14.0. The average Bonchev–Trinajstić information content (AvgIpc) is 3.06. The molecule has 0 bridgehead atoms. The van der Waals surface area contributed by atoms with Crippen LogP contribution in [0.5, 0.6) is 0 Å². The number of carbonyl (C=O) groups is 1. The standard InChI is InChI=1S/C18H26N2O3/c1-13(23-12-16-6-4-10-22-16)18(21)19-15-7-8-17-14(11-15)5-3-9-20(17)2/h7-8,11,13,16H,3-6,9-10,12H2,1-2H3,(H,19,21)/t13-,16-/m1/s1.